The Morgan fingerprint density at radius 1 is 1.27 bits per heavy atom. The fourth-order valence-electron chi connectivity index (χ4n) is 0.673. The molecule has 11 heavy (non-hydrogen) atoms. The fraction of sp³-hybridized carbons (Fsp3) is 0.875. The van der Waals surface area contributed by atoms with Gasteiger partial charge in [-0.3, -0.25) is 4.79 Å². The molecule has 0 saturated carbocycles. The molecule has 0 rings (SSSR count). The number of hydrogen-bond donors (Lipinski definition) is 2. The summed E-state index contributed by atoms with van der Waals surface area (Å²) in [6.07, 6.45) is -0.877. The molecule has 0 aliphatic rings. The lowest BCUT2D eigenvalue weighted by molar-refractivity contribution is -0.131. The predicted molar refractivity (Wildman–Crippen MR) is 44.1 cm³/mol. The van der Waals surface area contributed by atoms with Crippen LogP contribution in [0, 0.1) is 5.92 Å². The van der Waals surface area contributed by atoms with Gasteiger partial charge < -0.3 is 10.4 Å². The lowest BCUT2D eigenvalue weighted by Crippen LogP contribution is -2.41. The van der Waals surface area contributed by atoms with Crippen LogP contribution in [0.1, 0.15) is 27.7 Å². The van der Waals surface area contributed by atoms with E-state index < -0.39 is 6.10 Å². The van der Waals surface area contributed by atoms with Gasteiger partial charge in [0.05, 0.1) is 0 Å². The summed E-state index contributed by atoms with van der Waals surface area (Å²) >= 11 is 0. The lowest BCUT2D eigenvalue weighted by Gasteiger charge is -2.15. The highest BCUT2D eigenvalue weighted by molar-refractivity contribution is 5.80. The summed E-state index contributed by atoms with van der Waals surface area (Å²) in [7, 11) is 0. The summed E-state index contributed by atoms with van der Waals surface area (Å²) in [6, 6.07) is 0.0934. The van der Waals surface area contributed by atoms with E-state index in [1.807, 2.05) is 27.7 Å². The molecule has 0 aromatic heterocycles. The number of carbonyl (C=O) groups is 1. The van der Waals surface area contributed by atoms with Crippen LogP contribution in [-0.4, -0.2) is 23.2 Å². The molecule has 0 aromatic rings. The van der Waals surface area contributed by atoms with E-state index in [9.17, 15) is 9.90 Å². The van der Waals surface area contributed by atoms with Crippen molar-refractivity contribution < 1.29 is 9.90 Å². The molecule has 66 valence electrons. The van der Waals surface area contributed by atoms with Gasteiger partial charge in [-0.25, -0.2) is 0 Å². The first kappa shape index (κ1) is 10.4. The fourth-order valence-corrected chi connectivity index (χ4v) is 0.673. The molecular weight excluding hydrogens is 142 g/mol. The number of nitrogens with one attached hydrogen (secondary N) is 1. The highest BCUT2D eigenvalue weighted by Gasteiger charge is 2.18. The van der Waals surface area contributed by atoms with Crippen molar-refractivity contribution in [1.29, 1.82) is 0 Å². The van der Waals surface area contributed by atoms with Crippen LogP contribution in [0.4, 0.5) is 0 Å². The molecule has 1 unspecified atom stereocenters. The van der Waals surface area contributed by atoms with Crippen LogP contribution >= 0.6 is 0 Å². The molecule has 0 heterocycles. The molecule has 3 heteroatoms. The highest BCUT2D eigenvalue weighted by atomic mass is 16.3. The van der Waals surface area contributed by atoms with Crippen molar-refractivity contribution in [3.8, 4) is 0 Å². The number of carbonyl (C=O) groups excluding carboxylic acids is 1. The monoisotopic (exact) mass is 159 g/mol. The predicted octanol–water partition coefficient (Wildman–Crippen LogP) is 0.528. The molecule has 0 aromatic carbocycles. The van der Waals surface area contributed by atoms with Crippen LogP contribution in [0.2, 0.25) is 0 Å². The van der Waals surface area contributed by atoms with E-state index in [2.05, 4.69) is 5.32 Å². The Morgan fingerprint density at radius 3 is 2.00 bits per heavy atom. The normalized spacial score (nSPS) is 13.7. The molecule has 0 fully saturated rings. The van der Waals surface area contributed by atoms with Crippen molar-refractivity contribution in [2.24, 2.45) is 5.92 Å². The van der Waals surface area contributed by atoms with Crippen LogP contribution in [0.3, 0.4) is 0 Å². The lowest BCUT2D eigenvalue weighted by atomic mass is 10.1. The highest BCUT2D eigenvalue weighted by Crippen LogP contribution is 2.00. The van der Waals surface area contributed by atoms with Crippen LogP contribution in [0.25, 0.3) is 0 Å². The number of amides is 1. The maximum absolute atomic E-state index is 11.0. The third-order valence-electron chi connectivity index (χ3n) is 1.33. The molecule has 0 spiro atoms. The average Bonchev–Trinajstić information content (AvgIpc) is 1.84. The van der Waals surface area contributed by atoms with E-state index in [0.29, 0.717) is 0 Å². The molecule has 0 bridgehead atoms. The summed E-state index contributed by atoms with van der Waals surface area (Å²) in [5.74, 6) is -0.302. The van der Waals surface area contributed by atoms with Crippen LogP contribution < -0.4 is 5.32 Å². The molecule has 2 N–H and O–H groups in total. The van der Waals surface area contributed by atoms with Gasteiger partial charge in [-0.05, 0) is 19.8 Å². The summed E-state index contributed by atoms with van der Waals surface area (Å²) in [5, 5.41) is 11.9. The van der Waals surface area contributed by atoms with E-state index in [1.54, 1.807) is 0 Å². The van der Waals surface area contributed by atoms with Gasteiger partial charge in [-0.1, -0.05) is 13.8 Å². The van der Waals surface area contributed by atoms with Gasteiger partial charge in [0.25, 0.3) is 0 Å². The van der Waals surface area contributed by atoms with Gasteiger partial charge in [-0.15, -0.1) is 0 Å². The standard InChI is InChI=1S/C8H17NO2/c1-5(2)7(10)8(11)9-6(3)4/h5-7,10H,1-4H3,(H,9,11). The van der Waals surface area contributed by atoms with Crippen molar-refractivity contribution in [1.82, 2.24) is 5.32 Å². The first-order chi connectivity index (χ1) is 4.95. The zero-order chi connectivity index (χ0) is 9.02. The Labute approximate surface area is 67.8 Å². The summed E-state index contributed by atoms with van der Waals surface area (Å²) in [4.78, 5) is 11.0. The second kappa shape index (κ2) is 4.34. The van der Waals surface area contributed by atoms with E-state index in [-0.39, 0.29) is 17.9 Å². The molecule has 0 aliphatic carbocycles. The SMILES string of the molecule is CC(C)NC(=O)C(O)C(C)C. The molecule has 1 atom stereocenters. The summed E-state index contributed by atoms with van der Waals surface area (Å²) in [5.41, 5.74) is 0. The van der Waals surface area contributed by atoms with E-state index >= 15 is 0 Å². The minimum absolute atomic E-state index is 0.0197. The largest absolute Gasteiger partial charge is 0.383 e. The van der Waals surface area contributed by atoms with Gasteiger partial charge in [0, 0.05) is 6.04 Å². The van der Waals surface area contributed by atoms with Gasteiger partial charge >= 0.3 is 0 Å². The number of aliphatic hydroxyl groups excluding tert-OH is 1. The van der Waals surface area contributed by atoms with Gasteiger partial charge in [-0.2, -0.15) is 0 Å². The molecule has 1 amide bonds. The Hall–Kier alpha value is -0.570. The van der Waals surface area contributed by atoms with E-state index in [4.69, 9.17) is 0 Å². The first-order valence-corrected chi connectivity index (χ1v) is 3.93. The third-order valence-corrected chi connectivity index (χ3v) is 1.33. The zero-order valence-electron chi connectivity index (χ0n) is 7.59. The summed E-state index contributed by atoms with van der Waals surface area (Å²) < 4.78 is 0. The van der Waals surface area contributed by atoms with Crippen LogP contribution in [0.15, 0.2) is 0 Å². The Kier molecular flexibility index (Phi) is 4.11. The molecule has 3 nitrogen and oxygen atoms in total. The van der Waals surface area contributed by atoms with E-state index in [0.717, 1.165) is 0 Å². The van der Waals surface area contributed by atoms with Crippen molar-refractivity contribution >= 4 is 5.91 Å². The molecule has 0 radical (unpaired) electrons. The first-order valence-electron chi connectivity index (χ1n) is 3.93. The van der Waals surface area contributed by atoms with Crippen LogP contribution in [-0.2, 0) is 4.79 Å². The number of hydrogen-bond acceptors (Lipinski definition) is 2. The second-order valence-electron chi connectivity index (χ2n) is 3.35. The Balaban J connectivity index is 3.83. The quantitative estimate of drug-likeness (QED) is 0.631. The van der Waals surface area contributed by atoms with Gasteiger partial charge in [0.1, 0.15) is 6.10 Å². The maximum Gasteiger partial charge on any atom is 0.249 e. The van der Waals surface area contributed by atoms with E-state index in [1.165, 1.54) is 0 Å². The van der Waals surface area contributed by atoms with Gasteiger partial charge in [0.15, 0.2) is 0 Å². The van der Waals surface area contributed by atoms with Crippen molar-refractivity contribution in [3.05, 3.63) is 0 Å². The van der Waals surface area contributed by atoms with Crippen molar-refractivity contribution in [2.45, 2.75) is 39.8 Å². The average molecular weight is 159 g/mol. The Bertz CT molecular complexity index is 132. The molecule has 0 aliphatic heterocycles. The number of rotatable bonds is 3. The van der Waals surface area contributed by atoms with Crippen molar-refractivity contribution in [2.75, 3.05) is 0 Å². The van der Waals surface area contributed by atoms with Gasteiger partial charge in [0.2, 0.25) is 5.91 Å². The smallest absolute Gasteiger partial charge is 0.249 e. The van der Waals surface area contributed by atoms with Crippen molar-refractivity contribution in [3.63, 3.8) is 0 Å². The molecule has 0 saturated heterocycles. The summed E-state index contributed by atoms with van der Waals surface area (Å²) in [6.45, 7) is 7.35. The Morgan fingerprint density at radius 2 is 1.73 bits per heavy atom. The van der Waals surface area contributed by atoms with Crippen LogP contribution in [0.5, 0.6) is 0 Å². The topological polar surface area (TPSA) is 49.3 Å². The minimum atomic E-state index is -0.877. The third kappa shape index (κ3) is 3.98. The molecular formula is C8H17NO2. The maximum atomic E-state index is 11.0. The minimum Gasteiger partial charge on any atom is -0.383 e. The second-order valence-corrected chi connectivity index (χ2v) is 3.35. The number of aliphatic hydroxyl groups is 1. The zero-order valence-corrected chi connectivity index (χ0v) is 7.59.